The summed E-state index contributed by atoms with van der Waals surface area (Å²) in [6.07, 6.45) is 0.676. The molecule has 0 unspecified atom stereocenters. The van der Waals surface area contributed by atoms with Gasteiger partial charge >= 0.3 is 0 Å². The number of hydrogen-bond donors (Lipinski definition) is 0. The summed E-state index contributed by atoms with van der Waals surface area (Å²) in [5.74, 6) is -0.449. The van der Waals surface area contributed by atoms with Crippen LogP contribution in [0.3, 0.4) is 0 Å². The zero-order valence-electron chi connectivity index (χ0n) is 10.4. The Morgan fingerprint density at radius 1 is 1.10 bits per heavy atom. The largest absolute Gasteiger partial charge is 0.266 e. The Morgan fingerprint density at radius 2 is 1.80 bits per heavy atom. The molecule has 0 saturated carbocycles. The summed E-state index contributed by atoms with van der Waals surface area (Å²) in [6.45, 7) is 0.408. The number of halogens is 2. The minimum atomic E-state index is -3.63. The third-order valence-corrected chi connectivity index (χ3v) is 5.62. The molecule has 0 bridgehead atoms. The van der Waals surface area contributed by atoms with Crippen LogP contribution in [-0.2, 0) is 16.4 Å². The van der Waals surface area contributed by atoms with E-state index in [1.807, 2.05) is 12.1 Å². The average molecular weight is 356 g/mol. The van der Waals surface area contributed by atoms with E-state index in [1.54, 1.807) is 6.07 Å². The Balaban J connectivity index is 2.05. The minimum Gasteiger partial charge on any atom is -0.266 e. The van der Waals surface area contributed by atoms with Crippen molar-refractivity contribution >= 4 is 31.6 Å². The van der Waals surface area contributed by atoms with Gasteiger partial charge in [-0.1, -0.05) is 15.9 Å². The maximum Gasteiger partial charge on any atom is 0.264 e. The molecule has 2 aromatic carbocycles. The van der Waals surface area contributed by atoms with Crippen molar-refractivity contribution in [2.24, 2.45) is 0 Å². The highest BCUT2D eigenvalue weighted by Crippen LogP contribution is 2.34. The Kier molecular flexibility index (Phi) is 3.30. The van der Waals surface area contributed by atoms with Gasteiger partial charge in [-0.3, -0.25) is 4.31 Å². The summed E-state index contributed by atoms with van der Waals surface area (Å²) in [5.41, 5.74) is 1.68. The van der Waals surface area contributed by atoms with E-state index >= 15 is 0 Å². The fourth-order valence-corrected chi connectivity index (χ4v) is 4.24. The van der Waals surface area contributed by atoms with Gasteiger partial charge in [-0.2, -0.15) is 0 Å². The molecule has 1 aliphatic heterocycles. The SMILES string of the molecule is O=S(=O)(c1ccc(F)cc1)N1CCc2cc(Br)ccc21. The Hall–Kier alpha value is -1.40. The third kappa shape index (κ3) is 2.23. The molecule has 0 N–H and O–H groups in total. The van der Waals surface area contributed by atoms with Crippen LogP contribution in [-0.4, -0.2) is 15.0 Å². The number of fused-ring (bicyclic) bond motifs is 1. The molecule has 6 heteroatoms. The number of hydrogen-bond acceptors (Lipinski definition) is 2. The molecule has 0 aliphatic carbocycles. The van der Waals surface area contributed by atoms with Crippen molar-refractivity contribution < 1.29 is 12.8 Å². The molecule has 0 atom stereocenters. The van der Waals surface area contributed by atoms with Gasteiger partial charge in [0.25, 0.3) is 10.0 Å². The summed E-state index contributed by atoms with van der Waals surface area (Å²) in [7, 11) is -3.63. The summed E-state index contributed by atoms with van der Waals surface area (Å²) in [6, 6.07) is 10.4. The summed E-state index contributed by atoms with van der Waals surface area (Å²) >= 11 is 3.38. The van der Waals surface area contributed by atoms with Crippen molar-refractivity contribution in [2.45, 2.75) is 11.3 Å². The molecule has 3 rings (SSSR count). The molecule has 0 radical (unpaired) electrons. The molecule has 0 fully saturated rings. The first kappa shape index (κ1) is 13.6. The van der Waals surface area contributed by atoms with Gasteiger partial charge in [-0.05, 0) is 54.4 Å². The van der Waals surface area contributed by atoms with Gasteiger partial charge in [0.15, 0.2) is 0 Å². The molecule has 104 valence electrons. The molecular formula is C14H11BrFNO2S. The zero-order chi connectivity index (χ0) is 14.3. The van der Waals surface area contributed by atoms with Gasteiger partial charge in [-0.15, -0.1) is 0 Å². The van der Waals surface area contributed by atoms with Gasteiger partial charge in [0.1, 0.15) is 5.82 Å². The highest BCUT2D eigenvalue weighted by Gasteiger charge is 2.30. The average Bonchev–Trinajstić information content (AvgIpc) is 2.82. The standard InChI is InChI=1S/C14H11BrFNO2S/c15-11-1-6-14-10(9-11)7-8-17(14)20(18,19)13-4-2-12(16)3-5-13/h1-6,9H,7-8H2. The van der Waals surface area contributed by atoms with Crippen LogP contribution in [0.25, 0.3) is 0 Å². The van der Waals surface area contributed by atoms with Gasteiger partial charge < -0.3 is 0 Å². The van der Waals surface area contributed by atoms with E-state index < -0.39 is 15.8 Å². The van der Waals surface area contributed by atoms with Crippen molar-refractivity contribution in [3.8, 4) is 0 Å². The molecule has 0 aromatic heterocycles. The first-order valence-electron chi connectivity index (χ1n) is 6.05. The number of benzene rings is 2. The summed E-state index contributed by atoms with van der Waals surface area (Å²) < 4.78 is 40.4. The molecule has 0 spiro atoms. The second kappa shape index (κ2) is 4.86. The molecule has 0 saturated heterocycles. The smallest absolute Gasteiger partial charge is 0.264 e. The van der Waals surface area contributed by atoms with Crippen molar-refractivity contribution in [2.75, 3.05) is 10.8 Å². The fourth-order valence-electron chi connectivity index (χ4n) is 2.32. The lowest BCUT2D eigenvalue weighted by Gasteiger charge is -2.19. The zero-order valence-corrected chi connectivity index (χ0v) is 12.8. The van der Waals surface area contributed by atoms with E-state index in [4.69, 9.17) is 0 Å². The first-order valence-corrected chi connectivity index (χ1v) is 8.28. The van der Waals surface area contributed by atoms with Crippen LogP contribution in [0.1, 0.15) is 5.56 Å². The Morgan fingerprint density at radius 3 is 2.50 bits per heavy atom. The lowest BCUT2D eigenvalue weighted by molar-refractivity contribution is 0.591. The Bertz CT molecular complexity index is 759. The summed E-state index contributed by atoms with van der Waals surface area (Å²) in [4.78, 5) is 0.106. The third-order valence-electron chi connectivity index (χ3n) is 3.30. The van der Waals surface area contributed by atoms with Gasteiger partial charge in [0.05, 0.1) is 10.6 Å². The second-order valence-electron chi connectivity index (χ2n) is 4.55. The van der Waals surface area contributed by atoms with Crippen LogP contribution in [0.2, 0.25) is 0 Å². The van der Waals surface area contributed by atoms with Crippen LogP contribution >= 0.6 is 15.9 Å². The van der Waals surface area contributed by atoms with Crippen LogP contribution in [0.4, 0.5) is 10.1 Å². The van der Waals surface area contributed by atoms with E-state index in [2.05, 4.69) is 15.9 Å². The van der Waals surface area contributed by atoms with Gasteiger partial charge in [0, 0.05) is 11.0 Å². The molecule has 3 nitrogen and oxygen atoms in total. The van der Waals surface area contributed by atoms with E-state index in [-0.39, 0.29) is 4.90 Å². The second-order valence-corrected chi connectivity index (χ2v) is 7.33. The molecule has 2 aromatic rings. The maximum atomic E-state index is 12.9. The number of sulfonamides is 1. The van der Waals surface area contributed by atoms with Crippen LogP contribution in [0.5, 0.6) is 0 Å². The van der Waals surface area contributed by atoms with E-state index in [0.717, 1.165) is 22.2 Å². The molecular weight excluding hydrogens is 345 g/mol. The lowest BCUT2D eigenvalue weighted by Crippen LogP contribution is -2.29. The predicted molar refractivity (Wildman–Crippen MR) is 78.8 cm³/mol. The molecule has 20 heavy (non-hydrogen) atoms. The molecule has 1 heterocycles. The lowest BCUT2D eigenvalue weighted by atomic mass is 10.2. The number of anilines is 1. The van der Waals surface area contributed by atoms with Crippen LogP contribution in [0.15, 0.2) is 51.8 Å². The van der Waals surface area contributed by atoms with Crippen LogP contribution in [0, 0.1) is 5.82 Å². The minimum absolute atomic E-state index is 0.106. The topological polar surface area (TPSA) is 37.4 Å². The van der Waals surface area contributed by atoms with Crippen molar-refractivity contribution in [3.05, 3.63) is 58.3 Å². The number of rotatable bonds is 2. The van der Waals surface area contributed by atoms with E-state index in [1.165, 1.54) is 16.4 Å². The Labute approximate surface area is 125 Å². The normalized spacial score (nSPS) is 14.4. The fraction of sp³-hybridized carbons (Fsp3) is 0.143. The highest BCUT2D eigenvalue weighted by atomic mass is 79.9. The van der Waals surface area contributed by atoms with E-state index in [0.29, 0.717) is 18.7 Å². The monoisotopic (exact) mass is 355 g/mol. The summed E-state index contributed by atoms with van der Waals surface area (Å²) in [5, 5.41) is 0. The van der Waals surface area contributed by atoms with Crippen molar-refractivity contribution in [1.82, 2.24) is 0 Å². The number of nitrogens with zero attached hydrogens (tertiary/aromatic N) is 1. The van der Waals surface area contributed by atoms with Gasteiger partial charge in [0.2, 0.25) is 0 Å². The predicted octanol–water partition coefficient (Wildman–Crippen LogP) is 3.34. The van der Waals surface area contributed by atoms with E-state index in [9.17, 15) is 12.8 Å². The molecule has 0 amide bonds. The first-order chi connectivity index (χ1) is 9.48. The quantitative estimate of drug-likeness (QED) is 0.828. The van der Waals surface area contributed by atoms with Crippen molar-refractivity contribution in [3.63, 3.8) is 0 Å². The molecule has 1 aliphatic rings. The van der Waals surface area contributed by atoms with Crippen LogP contribution < -0.4 is 4.31 Å². The maximum absolute atomic E-state index is 12.9. The van der Waals surface area contributed by atoms with Crippen molar-refractivity contribution in [1.29, 1.82) is 0 Å². The highest BCUT2D eigenvalue weighted by molar-refractivity contribution is 9.10. The van der Waals surface area contributed by atoms with Gasteiger partial charge in [-0.25, -0.2) is 12.8 Å².